The third-order valence-corrected chi connectivity index (χ3v) is 3.19. The van der Waals surface area contributed by atoms with Gasteiger partial charge < -0.3 is 0 Å². The van der Waals surface area contributed by atoms with Crippen LogP contribution in [0.25, 0.3) is 0 Å². The van der Waals surface area contributed by atoms with E-state index in [-0.39, 0.29) is 0 Å². The minimum Gasteiger partial charge on any atom is -0.0991 e. The van der Waals surface area contributed by atoms with Crippen LogP contribution in [0.15, 0.2) is 49.1 Å². The molecule has 0 aromatic carbocycles. The molecule has 0 nitrogen and oxygen atoms in total. The molecule has 0 aromatic heterocycles. The van der Waals surface area contributed by atoms with Crippen LogP contribution >= 0.6 is 0 Å². The maximum atomic E-state index is 3.63. The van der Waals surface area contributed by atoms with Crippen molar-refractivity contribution in [3.63, 3.8) is 0 Å². The Morgan fingerprint density at radius 3 is 1.79 bits per heavy atom. The fraction of sp³-hybridized carbons (Fsp3) is 0.579. The molecular formula is C19H32. The molecule has 0 fully saturated rings. The smallest absolute Gasteiger partial charge is 0.0348 e. The lowest BCUT2D eigenvalue weighted by Crippen LogP contribution is -1.80. The Balaban J connectivity index is 3.17. The number of unbranched alkanes of at least 4 members (excludes halogenated alkanes) is 9. The summed E-state index contributed by atoms with van der Waals surface area (Å²) in [6.07, 6.45) is 28.1. The monoisotopic (exact) mass is 260 g/mol. The third-order valence-electron chi connectivity index (χ3n) is 3.19. The Labute approximate surface area is 121 Å². The van der Waals surface area contributed by atoms with Crippen molar-refractivity contribution in [2.75, 3.05) is 0 Å². The molecule has 0 radical (unpaired) electrons. The van der Waals surface area contributed by atoms with Gasteiger partial charge in [0.15, 0.2) is 0 Å². The Bertz CT molecular complexity index is 255. The number of rotatable bonds is 13. The van der Waals surface area contributed by atoms with Gasteiger partial charge in [-0.05, 0) is 12.8 Å². The van der Waals surface area contributed by atoms with E-state index in [1.165, 1.54) is 64.2 Å². The molecule has 0 N–H and O–H groups in total. The van der Waals surface area contributed by atoms with Gasteiger partial charge in [0.05, 0.1) is 0 Å². The highest BCUT2D eigenvalue weighted by Gasteiger charge is 1.90. The molecule has 0 saturated heterocycles. The van der Waals surface area contributed by atoms with Gasteiger partial charge in [0.1, 0.15) is 0 Å². The summed E-state index contributed by atoms with van der Waals surface area (Å²) in [7, 11) is 0. The predicted octanol–water partition coefficient (Wildman–Crippen LogP) is 6.76. The number of hydrogen-bond donors (Lipinski definition) is 0. The van der Waals surface area contributed by atoms with E-state index in [4.69, 9.17) is 0 Å². The van der Waals surface area contributed by atoms with E-state index in [2.05, 4.69) is 31.7 Å². The normalized spacial score (nSPS) is 12.1. The second-order valence-corrected chi connectivity index (χ2v) is 5.05. The Kier molecular flexibility index (Phi) is 16.0. The molecule has 0 aliphatic rings. The SMILES string of the molecule is C=C/C=C\C=CC=CCCCCCCCCCCC. The molecule has 0 heteroatoms. The van der Waals surface area contributed by atoms with Crippen molar-refractivity contribution >= 4 is 0 Å². The first-order valence-corrected chi connectivity index (χ1v) is 8.02. The zero-order chi connectivity index (χ0) is 14.0. The van der Waals surface area contributed by atoms with Gasteiger partial charge in [-0.15, -0.1) is 0 Å². The highest BCUT2D eigenvalue weighted by atomic mass is 14.0. The van der Waals surface area contributed by atoms with E-state index in [1.807, 2.05) is 18.2 Å². The van der Waals surface area contributed by atoms with E-state index in [9.17, 15) is 0 Å². The van der Waals surface area contributed by atoms with E-state index < -0.39 is 0 Å². The Hall–Kier alpha value is -1.04. The van der Waals surface area contributed by atoms with Crippen molar-refractivity contribution in [2.45, 2.75) is 71.1 Å². The van der Waals surface area contributed by atoms with E-state index in [0.717, 1.165) is 0 Å². The predicted molar refractivity (Wildman–Crippen MR) is 89.5 cm³/mol. The van der Waals surface area contributed by atoms with E-state index >= 15 is 0 Å². The molecule has 0 unspecified atom stereocenters. The second kappa shape index (κ2) is 17.0. The Morgan fingerprint density at radius 1 is 0.632 bits per heavy atom. The summed E-state index contributed by atoms with van der Waals surface area (Å²) in [5.74, 6) is 0. The first kappa shape index (κ1) is 18.0. The van der Waals surface area contributed by atoms with E-state index in [0.29, 0.717) is 0 Å². The van der Waals surface area contributed by atoms with Gasteiger partial charge in [-0.2, -0.15) is 0 Å². The summed E-state index contributed by atoms with van der Waals surface area (Å²) in [6.45, 7) is 5.90. The fourth-order valence-electron chi connectivity index (χ4n) is 2.02. The van der Waals surface area contributed by atoms with Gasteiger partial charge >= 0.3 is 0 Å². The number of allylic oxidation sites excluding steroid dienone is 7. The summed E-state index contributed by atoms with van der Waals surface area (Å²) in [4.78, 5) is 0. The summed E-state index contributed by atoms with van der Waals surface area (Å²) < 4.78 is 0. The van der Waals surface area contributed by atoms with Gasteiger partial charge in [-0.1, -0.05) is 107 Å². The van der Waals surface area contributed by atoms with Gasteiger partial charge in [0.2, 0.25) is 0 Å². The van der Waals surface area contributed by atoms with Crippen LogP contribution in [0.2, 0.25) is 0 Å². The molecule has 0 aliphatic heterocycles. The summed E-state index contributed by atoms with van der Waals surface area (Å²) >= 11 is 0. The molecular weight excluding hydrogens is 228 g/mol. The average molecular weight is 260 g/mol. The van der Waals surface area contributed by atoms with Crippen molar-refractivity contribution in [1.82, 2.24) is 0 Å². The molecule has 0 saturated carbocycles. The average Bonchev–Trinajstić information content (AvgIpc) is 2.43. The highest BCUT2D eigenvalue weighted by Crippen LogP contribution is 2.10. The minimum atomic E-state index is 1.21. The first-order chi connectivity index (χ1) is 9.41. The van der Waals surface area contributed by atoms with Gasteiger partial charge in [0.25, 0.3) is 0 Å². The zero-order valence-corrected chi connectivity index (χ0v) is 12.8. The molecule has 0 amide bonds. The summed E-state index contributed by atoms with van der Waals surface area (Å²) in [6, 6.07) is 0. The lowest BCUT2D eigenvalue weighted by atomic mass is 10.1. The van der Waals surface area contributed by atoms with Gasteiger partial charge in [0, 0.05) is 0 Å². The van der Waals surface area contributed by atoms with Crippen LogP contribution in [0.5, 0.6) is 0 Å². The Morgan fingerprint density at radius 2 is 1.16 bits per heavy atom. The lowest BCUT2D eigenvalue weighted by molar-refractivity contribution is 0.566. The first-order valence-electron chi connectivity index (χ1n) is 8.02. The van der Waals surface area contributed by atoms with Crippen LogP contribution < -0.4 is 0 Å². The topological polar surface area (TPSA) is 0 Å². The van der Waals surface area contributed by atoms with Gasteiger partial charge in [-0.25, -0.2) is 0 Å². The maximum absolute atomic E-state index is 3.63. The number of hydrogen-bond acceptors (Lipinski definition) is 0. The molecule has 0 rings (SSSR count). The van der Waals surface area contributed by atoms with E-state index in [1.54, 1.807) is 6.08 Å². The molecule has 108 valence electrons. The van der Waals surface area contributed by atoms with Crippen molar-refractivity contribution < 1.29 is 0 Å². The molecule has 0 bridgehead atoms. The zero-order valence-electron chi connectivity index (χ0n) is 12.8. The maximum Gasteiger partial charge on any atom is -0.0348 e. The van der Waals surface area contributed by atoms with Crippen molar-refractivity contribution in [1.29, 1.82) is 0 Å². The molecule has 0 spiro atoms. The molecule has 0 aromatic rings. The fourth-order valence-corrected chi connectivity index (χ4v) is 2.02. The standard InChI is InChI=1S/C19H32/c1-3-5-7-9-11-13-15-17-19-18-16-14-12-10-8-6-4-2/h3,5,7,9,11,13,15H,1,4,6,8,10,12,14,16-19H2,2H3/b7-5-,11-9?,15-13?. The van der Waals surface area contributed by atoms with Crippen molar-refractivity contribution in [3.8, 4) is 0 Å². The summed E-state index contributed by atoms with van der Waals surface area (Å²) in [5.41, 5.74) is 0. The summed E-state index contributed by atoms with van der Waals surface area (Å²) in [5, 5.41) is 0. The third kappa shape index (κ3) is 17.0. The van der Waals surface area contributed by atoms with Crippen LogP contribution in [-0.4, -0.2) is 0 Å². The largest absolute Gasteiger partial charge is 0.0991 e. The second-order valence-electron chi connectivity index (χ2n) is 5.05. The van der Waals surface area contributed by atoms with Crippen LogP contribution in [-0.2, 0) is 0 Å². The molecule has 0 aliphatic carbocycles. The van der Waals surface area contributed by atoms with Gasteiger partial charge in [-0.3, -0.25) is 0 Å². The van der Waals surface area contributed by atoms with Crippen LogP contribution in [0, 0.1) is 0 Å². The van der Waals surface area contributed by atoms with Crippen LogP contribution in [0.1, 0.15) is 71.1 Å². The lowest BCUT2D eigenvalue weighted by Gasteiger charge is -2.00. The molecule has 19 heavy (non-hydrogen) atoms. The highest BCUT2D eigenvalue weighted by molar-refractivity contribution is 5.14. The molecule has 0 atom stereocenters. The minimum absolute atomic E-state index is 1.21. The van der Waals surface area contributed by atoms with Crippen LogP contribution in [0.3, 0.4) is 0 Å². The van der Waals surface area contributed by atoms with Crippen molar-refractivity contribution in [2.24, 2.45) is 0 Å². The quantitative estimate of drug-likeness (QED) is 0.253. The van der Waals surface area contributed by atoms with Crippen molar-refractivity contribution in [3.05, 3.63) is 49.1 Å². The van der Waals surface area contributed by atoms with Crippen LogP contribution in [0.4, 0.5) is 0 Å². The molecule has 0 heterocycles.